The van der Waals surface area contributed by atoms with Crippen molar-refractivity contribution in [3.05, 3.63) is 58.8 Å². The summed E-state index contributed by atoms with van der Waals surface area (Å²) in [5, 5.41) is 12.5. The number of thiazole rings is 1. The molecule has 1 aliphatic rings. The van der Waals surface area contributed by atoms with Crippen LogP contribution in [-0.2, 0) is 6.54 Å². The Balaban J connectivity index is 1.37. The molecule has 4 aromatic rings. The van der Waals surface area contributed by atoms with Gasteiger partial charge in [0.25, 0.3) is 0 Å². The molecule has 0 radical (unpaired) electrons. The van der Waals surface area contributed by atoms with Crippen LogP contribution >= 0.6 is 23.1 Å². The predicted molar refractivity (Wildman–Crippen MR) is 130 cm³/mol. The van der Waals surface area contributed by atoms with Crippen LogP contribution in [-0.4, -0.2) is 48.9 Å². The molecule has 172 valence electrons. The number of rotatable bonds is 8. The van der Waals surface area contributed by atoms with Crippen molar-refractivity contribution in [2.75, 3.05) is 23.7 Å². The molecule has 0 unspecified atom stereocenters. The quantitative estimate of drug-likeness (QED) is 0.265. The number of Topliss-reactive ketones (excluding diaryl/α,β-unsaturated/α-hetero) is 1. The molecule has 0 saturated carbocycles. The van der Waals surface area contributed by atoms with E-state index in [1.165, 1.54) is 18.2 Å². The number of aryl methyl sites for hydroxylation is 1. The Kier molecular flexibility index (Phi) is 6.37. The summed E-state index contributed by atoms with van der Waals surface area (Å²) < 4.78 is 9.70. The Morgan fingerprint density at radius 1 is 1.21 bits per heavy atom. The molecular weight excluding hydrogens is 456 g/mol. The zero-order valence-corrected chi connectivity index (χ0v) is 20.4. The van der Waals surface area contributed by atoms with E-state index in [1.807, 2.05) is 42.0 Å². The number of nitrogens with zero attached hydrogens (tertiary/aromatic N) is 6. The van der Waals surface area contributed by atoms with Gasteiger partial charge < -0.3 is 9.32 Å². The van der Waals surface area contributed by atoms with Gasteiger partial charge in [-0.15, -0.1) is 21.5 Å². The first-order valence-electron chi connectivity index (χ1n) is 11.1. The first kappa shape index (κ1) is 22.0. The van der Waals surface area contributed by atoms with Crippen LogP contribution in [0.15, 0.2) is 45.6 Å². The van der Waals surface area contributed by atoms with E-state index in [4.69, 9.17) is 4.42 Å². The van der Waals surface area contributed by atoms with Crippen LogP contribution in [0.1, 0.15) is 46.8 Å². The number of aromatic nitrogens is 5. The fourth-order valence-electron chi connectivity index (χ4n) is 4.29. The number of ketones is 1. The normalized spacial score (nSPS) is 14.2. The minimum atomic E-state index is 0.0722. The van der Waals surface area contributed by atoms with E-state index in [0.717, 1.165) is 64.9 Å². The van der Waals surface area contributed by atoms with E-state index in [2.05, 4.69) is 24.6 Å². The first-order chi connectivity index (χ1) is 16.1. The standard InChI is InChI=1S/C23H26N6O2S2/c1-16-13-19(17(2)29(16)22-24-8-12-32-22)20(30)15-33-23-26-25-21(27-9-4-3-5-10-27)28(23)14-18-7-6-11-31-18/h6-8,11-13H,3-5,9-10,14-15H2,1-2H3. The maximum absolute atomic E-state index is 13.2. The average molecular weight is 483 g/mol. The second-order valence-corrected chi connectivity index (χ2v) is 9.96. The van der Waals surface area contributed by atoms with Gasteiger partial charge >= 0.3 is 0 Å². The van der Waals surface area contributed by atoms with E-state index in [9.17, 15) is 4.79 Å². The number of carbonyl (C=O) groups excluding carboxylic acids is 1. The molecule has 0 aliphatic carbocycles. The molecule has 5 heterocycles. The van der Waals surface area contributed by atoms with Crippen molar-refractivity contribution in [1.82, 2.24) is 24.3 Å². The highest BCUT2D eigenvalue weighted by atomic mass is 32.2. The molecule has 0 aromatic carbocycles. The van der Waals surface area contributed by atoms with E-state index in [0.29, 0.717) is 12.3 Å². The van der Waals surface area contributed by atoms with Crippen molar-refractivity contribution < 1.29 is 9.21 Å². The molecule has 0 N–H and O–H groups in total. The van der Waals surface area contributed by atoms with Crippen LogP contribution in [0.3, 0.4) is 0 Å². The van der Waals surface area contributed by atoms with Crippen LogP contribution in [0.2, 0.25) is 0 Å². The highest BCUT2D eigenvalue weighted by Gasteiger charge is 2.23. The molecule has 0 bridgehead atoms. The number of thioether (sulfide) groups is 1. The van der Waals surface area contributed by atoms with Gasteiger partial charge in [0, 0.05) is 41.6 Å². The smallest absolute Gasteiger partial charge is 0.228 e. The van der Waals surface area contributed by atoms with Gasteiger partial charge in [0.15, 0.2) is 16.1 Å². The molecule has 8 nitrogen and oxygen atoms in total. The Bertz CT molecular complexity index is 1220. The van der Waals surface area contributed by atoms with Gasteiger partial charge in [-0.1, -0.05) is 11.8 Å². The van der Waals surface area contributed by atoms with Gasteiger partial charge in [-0.25, -0.2) is 4.98 Å². The topological polar surface area (TPSA) is 82.0 Å². The van der Waals surface area contributed by atoms with Gasteiger partial charge in [0.05, 0.1) is 18.6 Å². The SMILES string of the molecule is Cc1cc(C(=O)CSc2nnc(N3CCCCC3)n2Cc2ccco2)c(C)n1-c1nccs1. The molecule has 33 heavy (non-hydrogen) atoms. The van der Waals surface area contributed by atoms with Gasteiger partial charge in [0.1, 0.15) is 5.76 Å². The van der Waals surface area contributed by atoms with E-state index in [-0.39, 0.29) is 5.78 Å². The molecule has 5 rings (SSSR count). The van der Waals surface area contributed by atoms with E-state index < -0.39 is 0 Å². The zero-order valence-electron chi connectivity index (χ0n) is 18.7. The number of carbonyl (C=O) groups is 1. The van der Waals surface area contributed by atoms with Gasteiger partial charge in [-0.05, 0) is 51.3 Å². The van der Waals surface area contributed by atoms with Crippen LogP contribution in [0.5, 0.6) is 0 Å². The number of anilines is 1. The van der Waals surface area contributed by atoms with Crippen molar-refractivity contribution >= 4 is 34.8 Å². The maximum Gasteiger partial charge on any atom is 0.228 e. The van der Waals surface area contributed by atoms with Gasteiger partial charge in [-0.3, -0.25) is 13.9 Å². The molecule has 1 fully saturated rings. The highest BCUT2D eigenvalue weighted by molar-refractivity contribution is 7.99. The molecule has 0 amide bonds. The third kappa shape index (κ3) is 4.49. The highest BCUT2D eigenvalue weighted by Crippen LogP contribution is 2.28. The number of hydrogen-bond donors (Lipinski definition) is 0. The van der Waals surface area contributed by atoms with Crippen molar-refractivity contribution in [2.45, 2.75) is 44.8 Å². The Morgan fingerprint density at radius 2 is 2.06 bits per heavy atom. The molecule has 1 aliphatic heterocycles. The van der Waals surface area contributed by atoms with Crippen LogP contribution in [0, 0.1) is 13.8 Å². The fraction of sp³-hybridized carbons (Fsp3) is 0.391. The lowest BCUT2D eigenvalue weighted by Crippen LogP contribution is -2.32. The molecule has 4 aromatic heterocycles. The minimum Gasteiger partial charge on any atom is -0.467 e. The van der Waals surface area contributed by atoms with Crippen molar-refractivity contribution in [3.63, 3.8) is 0 Å². The maximum atomic E-state index is 13.2. The summed E-state index contributed by atoms with van der Waals surface area (Å²) in [6, 6.07) is 5.79. The van der Waals surface area contributed by atoms with Crippen LogP contribution in [0.25, 0.3) is 5.13 Å². The van der Waals surface area contributed by atoms with Crippen molar-refractivity contribution in [3.8, 4) is 5.13 Å². The summed E-state index contributed by atoms with van der Waals surface area (Å²) in [4.78, 5) is 19.9. The summed E-state index contributed by atoms with van der Waals surface area (Å²) in [5.41, 5.74) is 2.65. The summed E-state index contributed by atoms with van der Waals surface area (Å²) in [6.45, 7) is 6.47. The van der Waals surface area contributed by atoms with Crippen molar-refractivity contribution in [1.29, 1.82) is 0 Å². The second kappa shape index (κ2) is 9.56. The summed E-state index contributed by atoms with van der Waals surface area (Å²) >= 11 is 2.99. The molecule has 1 saturated heterocycles. The Hall–Kier alpha value is -2.85. The molecule has 10 heteroatoms. The lowest BCUT2D eigenvalue weighted by molar-refractivity contribution is 0.102. The summed E-state index contributed by atoms with van der Waals surface area (Å²) in [7, 11) is 0. The Morgan fingerprint density at radius 3 is 2.79 bits per heavy atom. The number of furan rings is 1. The third-order valence-electron chi connectivity index (χ3n) is 5.90. The van der Waals surface area contributed by atoms with E-state index >= 15 is 0 Å². The second-order valence-electron chi connectivity index (χ2n) is 8.14. The predicted octanol–water partition coefficient (Wildman–Crippen LogP) is 4.75. The largest absolute Gasteiger partial charge is 0.467 e. The fourth-order valence-corrected chi connectivity index (χ4v) is 5.85. The first-order valence-corrected chi connectivity index (χ1v) is 12.9. The molecule has 0 spiro atoms. The minimum absolute atomic E-state index is 0.0722. The lowest BCUT2D eigenvalue weighted by Gasteiger charge is -2.27. The third-order valence-corrected chi connectivity index (χ3v) is 7.63. The summed E-state index contributed by atoms with van der Waals surface area (Å²) in [5.74, 6) is 2.05. The number of piperidine rings is 1. The number of hydrogen-bond acceptors (Lipinski definition) is 8. The van der Waals surface area contributed by atoms with Gasteiger partial charge in [0.2, 0.25) is 5.95 Å². The zero-order chi connectivity index (χ0) is 22.8. The van der Waals surface area contributed by atoms with Gasteiger partial charge in [-0.2, -0.15) is 0 Å². The Labute approximate surface area is 200 Å². The lowest BCUT2D eigenvalue weighted by atomic mass is 10.1. The molecular formula is C23H26N6O2S2. The van der Waals surface area contributed by atoms with Crippen LogP contribution in [0.4, 0.5) is 5.95 Å². The van der Waals surface area contributed by atoms with E-state index in [1.54, 1.807) is 23.8 Å². The van der Waals surface area contributed by atoms with Crippen LogP contribution < -0.4 is 4.90 Å². The monoisotopic (exact) mass is 482 g/mol. The van der Waals surface area contributed by atoms with Crippen molar-refractivity contribution in [2.24, 2.45) is 0 Å². The molecule has 0 atom stereocenters. The average Bonchev–Trinajstić information content (AvgIpc) is 3.62. The summed E-state index contributed by atoms with van der Waals surface area (Å²) in [6.07, 6.45) is 7.02.